The Balaban J connectivity index is 1.76. The molecule has 8 heteroatoms. The Morgan fingerprint density at radius 1 is 1.09 bits per heavy atom. The molecule has 0 bridgehead atoms. The van der Waals surface area contributed by atoms with Crippen LogP contribution in [0.4, 0.5) is 0 Å². The van der Waals surface area contributed by atoms with Gasteiger partial charge in [-0.1, -0.05) is 11.8 Å². The van der Waals surface area contributed by atoms with Crippen LogP contribution in [-0.4, -0.2) is 59.5 Å². The van der Waals surface area contributed by atoms with E-state index in [-0.39, 0.29) is 24.4 Å². The van der Waals surface area contributed by atoms with Crippen molar-refractivity contribution in [3.63, 3.8) is 0 Å². The summed E-state index contributed by atoms with van der Waals surface area (Å²) < 4.78 is 35.6. The Bertz CT molecular complexity index is 455. The van der Waals surface area contributed by atoms with Crippen molar-refractivity contribution in [1.29, 1.82) is 0 Å². The molecule has 3 heterocycles. The third kappa shape index (κ3) is 3.28. The lowest BCUT2D eigenvalue weighted by Crippen LogP contribution is -2.44. The molecule has 0 aromatic rings. The van der Waals surface area contributed by atoms with Crippen LogP contribution in [0.2, 0.25) is 0 Å². The molecular weight excluding hydrogens is 328 g/mol. The molecule has 5 atom stereocenters. The van der Waals surface area contributed by atoms with Gasteiger partial charge < -0.3 is 28.4 Å². The number of thioether (sulfide) groups is 1. The summed E-state index contributed by atoms with van der Waals surface area (Å²) in [6.45, 7) is 7.90. The van der Waals surface area contributed by atoms with Crippen molar-refractivity contribution in [2.75, 3.05) is 12.9 Å². The van der Waals surface area contributed by atoms with Crippen molar-refractivity contribution in [1.82, 2.24) is 0 Å². The maximum Gasteiger partial charge on any atom is 0.220 e. The zero-order valence-corrected chi connectivity index (χ0v) is 15.0. The van der Waals surface area contributed by atoms with Gasteiger partial charge in [0.25, 0.3) is 0 Å². The van der Waals surface area contributed by atoms with Gasteiger partial charge in [0, 0.05) is 0 Å². The first-order chi connectivity index (χ1) is 10.2. The first-order valence-electron chi connectivity index (χ1n) is 7.28. The van der Waals surface area contributed by atoms with Crippen molar-refractivity contribution in [3.05, 3.63) is 0 Å². The van der Waals surface area contributed by atoms with Gasteiger partial charge in [0.1, 0.15) is 12.2 Å². The van der Waals surface area contributed by atoms with E-state index in [9.17, 15) is 0 Å². The average molecular weight is 350 g/mol. The van der Waals surface area contributed by atoms with E-state index < -0.39 is 17.9 Å². The van der Waals surface area contributed by atoms with E-state index in [1.807, 2.05) is 34.0 Å². The van der Waals surface area contributed by atoms with Gasteiger partial charge in [-0.3, -0.25) is 0 Å². The molecular formula is C14H22O6S2. The van der Waals surface area contributed by atoms with Gasteiger partial charge in [0.2, 0.25) is 4.38 Å². The molecule has 0 amide bonds. The summed E-state index contributed by atoms with van der Waals surface area (Å²) in [5, 5.41) is 0. The fourth-order valence-electron chi connectivity index (χ4n) is 2.97. The van der Waals surface area contributed by atoms with Crippen molar-refractivity contribution < 1.29 is 28.4 Å². The SMILES string of the molecule is CSC(=S)OC1C(C2COC(C)(C)O2)OC2OC(C)(C)OC21. The van der Waals surface area contributed by atoms with E-state index in [4.69, 9.17) is 40.6 Å². The molecule has 0 N–H and O–H groups in total. The fourth-order valence-corrected chi connectivity index (χ4v) is 3.29. The lowest BCUT2D eigenvalue weighted by Gasteiger charge is -2.29. The summed E-state index contributed by atoms with van der Waals surface area (Å²) in [4.78, 5) is 0. The van der Waals surface area contributed by atoms with Crippen LogP contribution in [0.15, 0.2) is 0 Å². The smallest absolute Gasteiger partial charge is 0.220 e. The lowest BCUT2D eigenvalue weighted by molar-refractivity contribution is -0.230. The highest BCUT2D eigenvalue weighted by molar-refractivity contribution is 8.22. The fraction of sp³-hybridized carbons (Fsp3) is 0.929. The van der Waals surface area contributed by atoms with E-state index in [1.165, 1.54) is 11.8 Å². The van der Waals surface area contributed by atoms with Gasteiger partial charge in [0.05, 0.1) is 6.61 Å². The van der Waals surface area contributed by atoms with Crippen molar-refractivity contribution in [3.8, 4) is 0 Å². The first kappa shape index (κ1) is 16.9. The predicted octanol–water partition coefficient (Wildman–Crippen LogP) is 2.05. The quantitative estimate of drug-likeness (QED) is 0.702. The third-order valence-corrected chi connectivity index (χ3v) is 4.85. The zero-order chi connectivity index (χ0) is 16.1. The summed E-state index contributed by atoms with van der Waals surface area (Å²) >= 11 is 6.57. The van der Waals surface area contributed by atoms with Crippen LogP contribution in [-0.2, 0) is 28.4 Å². The van der Waals surface area contributed by atoms with Crippen molar-refractivity contribution in [2.45, 2.75) is 70.0 Å². The molecule has 22 heavy (non-hydrogen) atoms. The Morgan fingerprint density at radius 3 is 2.41 bits per heavy atom. The Kier molecular flexibility index (Phi) is 4.48. The van der Waals surface area contributed by atoms with Crippen LogP contribution in [0, 0.1) is 0 Å². The molecule has 3 aliphatic rings. The van der Waals surface area contributed by atoms with Gasteiger partial charge in [-0.15, -0.1) is 0 Å². The topological polar surface area (TPSA) is 55.4 Å². The molecule has 3 fully saturated rings. The van der Waals surface area contributed by atoms with E-state index in [0.29, 0.717) is 11.0 Å². The largest absolute Gasteiger partial charge is 0.469 e. The summed E-state index contributed by atoms with van der Waals surface area (Å²) in [6.07, 6.45) is 0.0796. The van der Waals surface area contributed by atoms with Gasteiger partial charge in [-0.05, 0) is 46.2 Å². The number of hydrogen-bond donors (Lipinski definition) is 0. The molecule has 6 nitrogen and oxygen atoms in total. The van der Waals surface area contributed by atoms with Crippen LogP contribution < -0.4 is 0 Å². The summed E-state index contributed by atoms with van der Waals surface area (Å²) in [6, 6.07) is 0. The van der Waals surface area contributed by atoms with E-state index in [2.05, 4.69) is 0 Å². The summed E-state index contributed by atoms with van der Waals surface area (Å²) in [7, 11) is 0. The second kappa shape index (κ2) is 5.84. The molecule has 126 valence electrons. The molecule has 3 aliphatic heterocycles. The van der Waals surface area contributed by atoms with Crippen LogP contribution in [0.1, 0.15) is 27.7 Å². The number of thiocarbonyl (C=S) groups is 1. The Morgan fingerprint density at radius 2 is 1.82 bits per heavy atom. The maximum atomic E-state index is 6.01. The molecule has 0 aromatic carbocycles. The molecule has 3 saturated heterocycles. The molecule has 5 unspecified atom stereocenters. The molecule has 0 aromatic heterocycles. The molecule has 0 saturated carbocycles. The first-order valence-corrected chi connectivity index (χ1v) is 8.91. The minimum Gasteiger partial charge on any atom is -0.469 e. The monoisotopic (exact) mass is 350 g/mol. The number of ether oxygens (including phenoxy) is 6. The van der Waals surface area contributed by atoms with Crippen molar-refractivity contribution in [2.24, 2.45) is 0 Å². The van der Waals surface area contributed by atoms with Crippen molar-refractivity contribution >= 4 is 28.4 Å². The predicted molar refractivity (Wildman–Crippen MR) is 84.6 cm³/mol. The second-order valence-corrected chi connectivity index (χ2v) is 7.88. The van der Waals surface area contributed by atoms with Crippen LogP contribution in [0.3, 0.4) is 0 Å². The number of hydrogen-bond acceptors (Lipinski definition) is 8. The molecule has 0 radical (unpaired) electrons. The average Bonchev–Trinajstić information content (AvgIpc) is 3.01. The minimum absolute atomic E-state index is 0.245. The van der Waals surface area contributed by atoms with E-state index in [1.54, 1.807) is 0 Å². The Hall–Kier alpha value is 0.0400. The van der Waals surface area contributed by atoms with E-state index >= 15 is 0 Å². The molecule has 3 rings (SSSR count). The van der Waals surface area contributed by atoms with Gasteiger partial charge in [0.15, 0.2) is 30.1 Å². The highest BCUT2D eigenvalue weighted by Gasteiger charge is 2.59. The van der Waals surface area contributed by atoms with E-state index in [0.717, 1.165) is 0 Å². The molecule has 0 aliphatic carbocycles. The summed E-state index contributed by atoms with van der Waals surface area (Å²) in [5.41, 5.74) is 0. The second-order valence-electron chi connectivity index (χ2n) is 6.47. The number of fused-ring (bicyclic) bond motifs is 1. The third-order valence-electron chi connectivity index (χ3n) is 3.82. The van der Waals surface area contributed by atoms with Gasteiger partial charge in [-0.2, -0.15) is 0 Å². The maximum absolute atomic E-state index is 6.01. The zero-order valence-electron chi connectivity index (χ0n) is 13.4. The molecule has 0 spiro atoms. The Labute approximate surface area is 140 Å². The van der Waals surface area contributed by atoms with Gasteiger partial charge >= 0.3 is 0 Å². The van der Waals surface area contributed by atoms with Gasteiger partial charge in [-0.25, -0.2) is 0 Å². The standard InChI is InChI=1S/C14H22O6S2/c1-13(2)15-6-7(18-13)8-9(17-12(21)22-5)10-11(16-8)20-14(3,4)19-10/h7-11H,6H2,1-5H3. The highest BCUT2D eigenvalue weighted by Crippen LogP contribution is 2.42. The lowest BCUT2D eigenvalue weighted by atomic mass is 10.1. The summed E-state index contributed by atoms with van der Waals surface area (Å²) in [5.74, 6) is -1.33. The normalized spacial score (nSPS) is 42.3. The highest BCUT2D eigenvalue weighted by atomic mass is 32.2. The van der Waals surface area contributed by atoms with Crippen LogP contribution in [0.5, 0.6) is 0 Å². The van der Waals surface area contributed by atoms with Crippen LogP contribution >= 0.6 is 24.0 Å². The van der Waals surface area contributed by atoms with Crippen LogP contribution in [0.25, 0.3) is 0 Å². The minimum atomic E-state index is -0.699. The number of rotatable bonds is 2.